The fraction of sp³-hybridized carbons (Fsp3) is 0.579. The van der Waals surface area contributed by atoms with Gasteiger partial charge in [0.15, 0.2) is 6.29 Å². The molecule has 2 aliphatic rings. The molecule has 0 aromatic heterocycles. The fourth-order valence-corrected chi connectivity index (χ4v) is 3.90. The van der Waals surface area contributed by atoms with Crippen LogP contribution in [0.25, 0.3) is 5.76 Å². The van der Waals surface area contributed by atoms with Crippen LogP contribution in [0.1, 0.15) is 37.7 Å². The average molecular weight is 368 g/mol. The minimum absolute atomic E-state index is 0.103. The van der Waals surface area contributed by atoms with Gasteiger partial charge in [0.05, 0.1) is 11.7 Å². The topological polar surface area (TPSA) is 60.0 Å². The number of halogens is 1. The summed E-state index contributed by atoms with van der Waals surface area (Å²) < 4.78 is 16.0. The maximum Gasteiger partial charge on any atom is 0.191 e. The molecule has 0 amide bonds. The van der Waals surface area contributed by atoms with Crippen LogP contribution in [0.4, 0.5) is 5.69 Å². The van der Waals surface area contributed by atoms with Gasteiger partial charge in [-0.25, -0.2) is 0 Å². The molecule has 6 heteroatoms. The Kier molecular flexibility index (Phi) is 6.10. The zero-order chi connectivity index (χ0) is 17.8. The third kappa shape index (κ3) is 4.05. The van der Waals surface area contributed by atoms with E-state index in [1.807, 2.05) is 12.1 Å². The van der Waals surface area contributed by atoms with Crippen LogP contribution in [0.3, 0.4) is 0 Å². The summed E-state index contributed by atoms with van der Waals surface area (Å²) in [7, 11) is 3.12. The number of hydrogen-bond acceptors (Lipinski definition) is 5. The zero-order valence-corrected chi connectivity index (χ0v) is 15.5. The predicted molar refractivity (Wildman–Crippen MR) is 99.3 cm³/mol. The summed E-state index contributed by atoms with van der Waals surface area (Å²) in [5.41, 5.74) is 1.44. The van der Waals surface area contributed by atoms with Gasteiger partial charge in [-0.2, -0.15) is 0 Å². The predicted octanol–water partition coefficient (Wildman–Crippen LogP) is 4.61. The van der Waals surface area contributed by atoms with E-state index in [-0.39, 0.29) is 18.4 Å². The van der Waals surface area contributed by atoms with Crippen LogP contribution >= 0.6 is 11.6 Å². The van der Waals surface area contributed by atoms with E-state index in [4.69, 9.17) is 25.8 Å². The Morgan fingerprint density at radius 2 is 1.92 bits per heavy atom. The van der Waals surface area contributed by atoms with E-state index in [9.17, 15) is 5.11 Å². The van der Waals surface area contributed by atoms with Gasteiger partial charge in [-0.1, -0.05) is 30.9 Å². The normalized spacial score (nSPS) is 20.8. The highest BCUT2D eigenvalue weighted by atomic mass is 35.5. The van der Waals surface area contributed by atoms with Crippen LogP contribution in [0.15, 0.2) is 18.2 Å². The zero-order valence-electron chi connectivity index (χ0n) is 14.8. The van der Waals surface area contributed by atoms with Crippen molar-refractivity contribution in [1.82, 2.24) is 0 Å². The van der Waals surface area contributed by atoms with Crippen LogP contribution in [0.2, 0.25) is 5.02 Å². The lowest BCUT2D eigenvalue weighted by atomic mass is 9.82. The van der Waals surface area contributed by atoms with Gasteiger partial charge in [0.2, 0.25) is 0 Å². The van der Waals surface area contributed by atoms with Crippen molar-refractivity contribution >= 4 is 23.0 Å². The maximum atomic E-state index is 10.5. The second kappa shape index (κ2) is 8.30. The molecule has 1 unspecified atom stereocenters. The number of fused-ring (bicyclic) bond motifs is 1. The largest absolute Gasteiger partial charge is 0.508 e. The standard InChI is InChI=1S/C19H26ClNO4/c1-23-17(24-2)11-25-16-9-8-13-15(22)10-14(21-19(13)18(16)20)12-6-4-3-5-7-12/h8-10,12,14,17,21-22H,3-7,11H2,1-2H3. The molecule has 1 aromatic rings. The van der Waals surface area contributed by atoms with E-state index in [1.165, 1.54) is 32.1 Å². The first-order chi connectivity index (χ1) is 12.1. The van der Waals surface area contributed by atoms with Gasteiger partial charge in [-0.15, -0.1) is 0 Å². The number of hydrogen-bond donors (Lipinski definition) is 2. The molecule has 0 radical (unpaired) electrons. The number of methoxy groups -OCH3 is 2. The summed E-state index contributed by atoms with van der Waals surface area (Å²) in [5.74, 6) is 1.35. The van der Waals surface area contributed by atoms with Gasteiger partial charge < -0.3 is 24.6 Å². The minimum atomic E-state index is -0.455. The molecule has 3 rings (SSSR count). The first-order valence-corrected chi connectivity index (χ1v) is 9.20. The Hall–Kier alpha value is -1.43. The summed E-state index contributed by atoms with van der Waals surface area (Å²) in [4.78, 5) is 0. The SMILES string of the molecule is COC(COc1ccc2c(c1Cl)NC(C1CCCCC1)C=C2O)OC. The highest BCUT2D eigenvalue weighted by molar-refractivity contribution is 6.35. The summed E-state index contributed by atoms with van der Waals surface area (Å²) in [6.45, 7) is 0.235. The molecule has 1 fully saturated rings. The van der Waals surface area contributed by atoms with Crippen molar-refractivity contribution in [3.63, 3.8) is 0 Å². The number of aliphatic hydroxyl groups excluding tert-OH is 1. The highest BCUT2D eigenvalue weighted by Crippen LogP contribution is 2.42. The molecule has 2 N–H and O–H groups in total. The maximum absolute atomic E-state index is 10.5. The van der Waals surface area contributed by atoms with E-state index < -0.39 is 6.29 Å². The molecule has 25 heavy (non-hydrogen) atoms. The summed E-state index contributed by atoms with van der Waals surface area (Å²) in [6.07, 6.45) is 7.60. The molecule has 1 aliphatic carbocycles. The molecule has 5 nitrogen and oxygen atoms in total. The molecule has 1 atom stereocenters. The Morgan fingerprint density at radius 3 is 2.60 bits per heavy atom. The minimum Gasteiger partial charge on any atom is -0.508 e. The second-order valence-corrected chi connectivity index (χ2v) is 7.01. The van der Waals surface area contributed by atoms with Gasteiger partial charge >= 0.3 is 0 Å². The lowest BCUT2D eigenvalue weighted by Crippen LogP contribution is -2.32. The van der Waals surface area contributed by atoms with Gasteiger partial charge in [0, 0.05) is 19.8 Å². The first-order valence-electron chi connectivity index (χ1n) is 8.82. The van der Waals surface area contributed by atoms with Crippen LogP contribution < -0.4 is 10.1 Å². The lowest BCUT2D eigenvalue weighted by Gasteiger charge is -2.33. The monoisotopic (exact) mass is 367 g/mol. The van der Waals surface area contributed by atoms with Gasteiger partial charge in [0.1, 0.15) is 23.1 Å². The highest BCUT2D eigenvalue weighted by Gasteiger charge is 2.29. The Labute approximate surface area is 153 Å². The van der Waals surface area contributed by atoms with E-state index in [1.54, 1.807) is 20.3 Å². The van der Waals surface area contributed by atoms with Crippen molar-refractivity contribution in [2.45, 2.75) is 44.4 Å². The molecular formula is C19H26ClNO4. The molecule has 0 saturated heterocycles. The van der Waals surface area contributed by atoms with Crippen LogP contribution in [-0.2, 0) is 9.47 Å². The Morgan fingerprint density at radius 1 is 1.20 bits per heavy atom. The third-order valence-electron chi connectivity index (χ3n) is 5.09. The first kappa shape index (κ1) is 18.4. The van der Waals surface area contributed by atoms with E-state index >= 15 is 0 Å². The van der Waals surface area contributed by atoms with Crippen molar-refractivity contribution in [3.05, 3.63) is 28.8 Å². The Balaban J connectivity index is 1.79. The number of aliphatic hydroxyl groups is 1. The molecule has 0 bridgehead atoms. The van der Waals surface area contributed by atoms with Gasteiger partial charge in [0.25, 0.3) is 0 Å². The fourth-order valence-electron chi connectivity index (χ4n) is 3.63. The number of ether oxygens (including phenoxy) is 3. The molecule has 0 spiro atoms. The molecular weight excluding hydrogens is 342 g/mol. The van der Waals surface area contributed by atoms with Crippen LogP contribution in [-0.4, -0.2) is 38.3 Å². The number of rotatable bonds is 6. The van der Waals surface area contributed by atoms with Crippen molar-refractivity contribution in [1.29, 1.82) is 0 Å². The molecule has 1 heterocycles. The van der Waals surface area contributed by atoms with E-state index in [0.717, 1.165) is 5.69 Å². The van der Waals surface area contributed by atoms with Crippen molar-refractivity contribution < 1.29 is 19.3 Å². The smallest absolute Gasteiger partial charge is 0.191 e. The lowest BCUT2D eigenvalue weighted by molar-refractivity contribution is -0.121. The van der Waals surface area contributed by atoms with Gasteiger partial charge in [-0.3, -0.25) is 0 Å². The number of benzene rings is 1. The summed E-state index contributed by atoms with van der Waals surface area (Å²) in [6, 6.07) is 3.68. The number of anilines is 1. The third-order valence-corrected chi connectivity index (χ3v) is 5.46. The molecule has 1 aromatic carbocycles. The van der Waals surface area contributed by atoms with Crippen molar-refractivity contribution in [3.8, 4) is 5.75 Å². The van der Waals surface area contributed by atoms with Crippen LogP contribution in [0.5, 0.6) is 5.75 Å². The van der Waals surface area contributed by atoms with Crippen molar-refractivity contribution in [2.75, 3.05) is 26.1 Å². The average Bonchev–Trinajstić information content (AvgIpc) is 2.65. The second-order valence-electron chi connectivity index (χ2n) is 6.63. The molecule has 138 valence electrons. The summed E-state index contributed by atoms with van der Waals surface area (Å²) in [5, 5.41) is 14.4. The molecule has 1 saturated carbocycles. The van der Waals surface area contributed by atoms with Gasteiger partial charge in [-0.05, 0) is 37.0 Å². The van der Waals surface area contributed by atoms with Crippen molar-refractivity contribution in [2.24, 2.45) is 5.92 Å². The Bertz CT molecular complexity index is 624. The van der Waals surface area contributed by atoms with E-state index in [0.29, 0.717) is 22.3 Å². The van der Waals surface area contributed by atoms with Crippen LogP contribution in [0, 0.1) is 5.92 Å². The molecule has 1 aliphatic heterocycles. The number of nitrogens with one attached hydrogen (secondary N) is 1. The summed E-state index contributed by atoms with van der Waals surface area (Å²) >= 11 is 6.56. The quantitative estimate of drug-likeness (QED) is 0.719. The van der Waals surface area contributed by atoms with E-state index in [2.05, 4.69) is 5.32 Å².